The Kier molecular flexibility index (Phi) is 3.99. The maximum atomic E-state index is 11.3. The Morgan fingerprint density at radius 2 is 2.17 bits per heavy atom. The number of carbonyl (C=O) groups excluding carboxylic acids is 1. The van der Waals surface area contributed by atoms with Crippen molar-refractivity contribution >= 4 is 11.5 Å². The minimum atomic E-state index is -0.641. The van der Waals surface area contributed by atoms with Gasteiger partial charge in [-0.2, -0.15) is 0 Å². The number of aliphatic hydroxyl groups is 1. The van der Waals surface area contributed by atoms with Crippen LogP contribution in [0.25, 0.3) is 0 Å². The number of carbonyl (C=O) groups is 1. The van der Waals surface area contributed by atoms with E-state index in [0.717, 1.165) is 31.6 Å². The first-order valence-electron chi connectivity index (χ1n) is 6.37. The Morgan fingerprint density at radius 3 is 2.83 bits per heavy atom. The van der Waals surface area contributed by atoms with E-state index in [1.807, 2.05) is 18.2 Å². The number of ketones is 1. The molecule has 2 rings (SSSR count). The normalized spacial score (nSPS) is 18.3. The molecule has 0 aliphatic carbocycles. The third-order valence-electron chi connectivity index (χ3n) is 3.42. The van der Waals surface area contributed by atoms with Gasteiger partial charge in [0.1, 0.15) is 0 Å². The molecule has 18 heavy (non-hydrogen) atoms. The predicted octanol–water partition coefficient (Wildman–Crippen LogP) is 1.42. The molecule has 1 aliphatic heterocycles. The van der Waals surface area contributed by atoms with Gasteiger partial charge in [-0.3, -0.25) is 4.79 Å². The van der Waals surface area contributed by atoms with Crippen LogP contribution in [0.2, 0.25) is 0 Å². The molecule has 98 valence electrons. The highest BCUT2D eigenvalue weighted by molar-refractivity contribution is 5.94. The van der Waals surface area contributed by atoms with Crippen molar-refractivity contribution in [1.82, 2.24) is 5.32 Å². The second kappa shape index (κ2) is 5.50. The summed E-state index contributed by atoms with van der Waals surface area (Å²) < 4.78 is 0. The Labute approximate surface area is 107 Å². The zero-order valence-corrected chi connectivity index (χ0v) is 10.7. The van der Waals surface area contributed by atoms with Gasteiger partial charge in [0.05, 0.1) is 5.60 Å². The second-order valence-electron chi connectivity index (χ2n) is 4.96. The summed E-state index contributed by atoms with van der Waals surface area (Å²) in [6.45, 7) is 3.78. The van der Waals surface area contributed by atoms with E-state index >= 15 is 0 Å². The Morgan fingerprint density at radius 1 is 1.44 bits per heavy atom. The first-order valence-corrected chi connectivity index (χ1v) is 6.37. The Balaban J connectivity index is 1.97. The average molecular weight is 248 g/mol. The van der Waals surface area contributed by atoms with Gasteiger partial charge in [0, 0.05) is 17.8 Å². The smallest absolute Gasteiger partial charge is 0.159 e. The molecule has 1 aromatic rings. The summed E-state index contributed by atoms with van der Waals surface area (Å²) in [5, 5.41) is 16.8. The van der Waals surface area contributed by atoms with E-state index in [2.05, 4.69) is 10.6 Å². The van der Waals surface area contributed by atoms with Crippen LogP contribution in [-0.2, 0) is 0 Å². The lowest BCUT2D eigenvalue weighted by molar-refractivity contribution is 0.0232. The second-order valence-corrected chi connectivity index (χ2v) is 4.96. The molecule has 0 amide bonds. The van der Waals surface area contributed by atoms with E-state index < -0.39 is 5.60 Å². The highest BCUT2D eigenvalue weighted by Crippen LogP contribution is 2.19. The van der Waals surface area contributed by atoms with E-state index in [1.165, 1.54) is 0 Å². The topological polar surface area (TPSA) is 61.4 Å². The first-order chi connectivity index (χ1) is 8.59. The predicted molar refractivity (Wildman–Crippen MR) is 72.0 cm³/mol. The van der Waals surface area contributed by atoms with Crippen molar-refractivity contribution in [2.45, 2.75) is 25.4 Å². The molecule has 1 fully saturated rings. The first kappa shape index (κ1) is 13.1. The Hall–Kier alpha value is -1.39. The van der Waals surface area contributed by atoms with Gasteiger partial charge in [0.15, 0.2) is 5.78 Å². The minimum Gasteiger partial charge on any atom is -0.388 e. The van der Waals surface area contributed by atoms with Crippen molar-refractivity contribution in [3.63, 3.8) is 0 Å². The molecule has 0 aromatic heterocycles. The van der Waals surface area contributed by atoms with Gasteiger partial charge in [0.2, 0.25) is 0 Å². The highest BCUT2D eigenvalue weighted by Gasteiger charge is 2.28. The number of rotatable bonds is 4. The van der Waals surface area contributed by atoms with Crippen molar-refractivity contribution in [3.05, 3.63) is 29.8 Å². The summed E-state index contributed by atoms with van der Waals surface area (Å²) in [5.74, 6) is 0.0548. The number of hydrogen-bond acceptors (Lipinski definition) is 4. The number of Topliss-reactive ketones (excluding diaryl/α,β-unsaturated/α-hetero) is 1. The molecule has 3 N–H and O–H groups in total. The number of piperidine rings is 1. The van der Waals surface area contributed by atoms with Crippen LogP contribution in [0, 0.1) is 0 Å². The quantitative estimate of drug-likeness (QED) is 0.705. The third kappa shape index (κ3) is 3.31. The van der Waals surface area contributed by atoms with Crippen LogP contribution >= 0.6 is 0 Å². The number of anilines is 1. The fourth-order valence-electron chi connectivity index (χ4n) is 2.18. The van der Waals surface area contributed by atoms with Crippen molar-refractivity contribution in [3.8, 4) is 0 Å². The summed E-state index contributed by atoms with van der Waals surface area (Å²) in [7, 11) is 0. The van der Waals surface area contributed by atoms with Crippen LogP contribution in [0.5, 0.6) is 0 Å². The molecular formula is C14H20N2O2. The maximum Gasteiger partial charge on any atom is 0.159 e. The van der Waals surface area contributed by atoms with Gasteiger partial charge in [-0.25, -0.2) is 0 Å². The summed E-state index contributed by atoms with van der Waals surface area (Å²) in [4.78, 5) is 11.3. The molecule has 1 aliphatic rings. The molecule has 1 aromatic carbocycles. The third-order valence-corrected chi connectivity index (χ3v) is 3.42. The van der Waals surface area contributed by atoms with Crippen molar-refractivity contribution in [2.24, 2.45) is 0 Å². The highest BCUT2D eigenvalue weighted by atomic mass is 16.3. The molecule has 0 atom stereocenters. The van der Waals surface area contributed by atoms with Crippen LogP contribution in [0.3, 0.4) is 0 Å². The lowest BCUT2D eigenvalue weighted by Gasteiger charge is -2.33. The van der Waals surface area contributed by atoms with E-state index in [9.17, 15) is 9.90 Å². The van der Waals surface area contributed by atoms with Crippen LogP contribution in [0.1, 0.15) is 30.1 Å². The largest absolute Gasteiger partial charge is 0.388 e. The summed E-state index contributed by atoms with van der Waals surface area (Å²) in [5.41, 5.74) is 0.934. The van der Waals surface area contributed by atoms with Crippen molar-refractivity contribution < 1.29 is 9.90 Å². The standard InChI is InChI=1S/C14H20N2O2/c1-11(17)12-3-2-4-13(9-12)16-10-14(18)5-7-15-8-6-14/h2-4,9,15-16,18H,5-8,10H2,1H3. The van der Waals surface area contributed by atoms with Gasteiger partial charge in [-0.1, -0.05) is 12.1 Å². The van der Waals surface area contributed by atoms with Crippen LogP contribution in [0.4, 0.5) is 5.69 Å². The average Bonchev–Trinajstić information content (AvgIpc) is 2.38. The van der Waals surface area contributed by atoms with Crippen molar-refractivity contribution in [1.29, 1.82) is 0 Å². The zero-order valence-electron chi connectivity index (χ0n) is 10.7. The fourth-order valence-corrected chi connectivity index (χ4v) is 2.18. The van der Waals surface area contributed by atoms with Gasteiger partial charge in [-0.05, 0) is 45.0 Å². The molecule has 1 saturated heterocycles. The molecule has 1 heterocycles. The molecule has 0 radical (unpaired) electrons. The molecule has 4 heteroatoms. The lowest BCUT2D eigenvalue weighted by Crippen LogP contribution is -2.46. The Bertz CT molecular complexity index is 426. The summed E-state index contributed by atoms with van der Waals surface area (Å²) in [6, 6.07) is 7.39. The fraction of sp³-hybridized carbons (Fsp3) is 0.500. The van der Waals surface area contributed by atoms with E-state index in [4.69, 9.17) is 0 Å². The number of nitrogens with one attached hydrogen (secondary N) is 2. The van der Waals surface area contributed by atoms with Gasteiger partial charge >= 0.3 is 0 Å². The maximum absolute atomic E-state index is 11.3. The van der Waals surface area contributed by atoms with E-state index in [-0.39, 0.29) is 5.78 Å². The van der Waals surface area contributed by atoms with Crippen LogP contribution < -0.4 is 10.6 Å². The SMILES string of the molecule is CC(=O)c1cccc(NCC2(O)CCNCC2)c1. The summed E-state index contributed by atoms with van der Waals surface area (Å²) in [6.07, 6.45) is 1.51. The van der Waals surface area contributed by atoms with Gasteiger partial charge in [0.25, 0.3) is 0 Å². The lowest BCUT2D eigenvalue weighted by atomic mass is 9.92. The zero-order chi connectivity index (χ0) is 13.0. The van der Waals surface area contributed by atoms with Gasteiger partial charge < -0.3 is 15.7 Å². The molecule has 0 bridgehead atoms. The minimum absolute atomic E-state index is 0.0548. The molecule has 0 saturated carbocycles. The molecule has 0 spiro atoms. The molecular weight excluding hydrogens is 228 g/mol. The molecule has 0 unspecified atom stereocenters. The number of benzene rings is 1. The monoisotopic (exact) mass is 248 g/mol. The van der Waals surface area contributed by atoms with Gasteiger partial charge in [-0.15, -0.1) is 0 Å². The summed E-state index contributed by atoms with van der Waals surface area (Å²) >= 11 is 0. The van der Waals surface area contributed by atoms with Crippen LogP contribution in [0.15, 0.2) is 24.3 Å². The van der Waals surface area contributed by atoms with E-state index in [0.29, 0.717) is 12.1 Å². The van der Waals surface area contributed by atoms with Crippen LogP contribution in [-0.4, -0.2) is 36.1 Å². The van der Waals surface area contributed by atoms with E-state index in [1.54, 1.807) is 13.0 Å². The molecule has 4 nitrogen and oxygen atoms in total. The number of hydrogen-bond donors (Lipinski definition) is 3. The van der Waals surface area contributed by atoms with Crippen molar-refractivity contribution in [2.75, 3.05) is 25.0 Å².